The zero-order valence-electron chi connectivity index (χ0n) is 21.4. The summed E-state index contributed by atoms with van der Waals surface area (Å²) in [5.74, 6) is -5.36. The second-order valence-electron chi connectivity index (χ2n) is 8.78. The van der Waals surface area contributed by atoms with Gasteiger partial charge in [-0.15, -0.1) is 0 Å². The summed E-state index contributed by atoms with van der Waals surface area (Å²) in [5.41, 5.74) is 21.9. The van der Waals surface area contributed by atoms with E-state index in [0.717, 1.165) is 0 Å². The fourth-order valence-corrected chi connectivity index (χ4v) is 3.28. The standard InChI is InChI=1S/C23H36N8O8/c1-11(32)18(25)21(37)29-14(3-2-8-28-23(26)27)19(35)30-15(10-17(24)34)20(36)31-16(22(38)39)9-12-4-6-13(33)7-5-12/h4-7,11,14-16,18,32-33H,2-3,8-10,25H2,1H3,(H2,24,34)(H,29,37)(H,30,35)(H,31,36)(H,38,39)(H4,26,27,28). The van der Waals surface area contributed by atoms with Gasteiger partial charge in [0, 0.05) is 13.0 Å². The number of carbonyl (C=O) groups excluding carboxylic acids is 4. The molecular formula is C23H36N8O8. The molecule has 0 fully saturated rings. The average molecular weight is 553 g/mol. The summed E-state index contributed by atoms with van der Waals surface area (Å²) >= 11 is 0. The van der Waals surface area contributed by atoms with Gasteiger partial charge in [0.1, 0.15) is 29.9 Å². The van der Waals surface area contributed by atoms with Crippen LogP contribution in [0, 0.1) is 0 Å². The number of nitrogens with one attached hydrogen (secondary N) is 3. The predicted octanol–water partition coefficient (Wildman–Crippen LogP) is -3.89. The van der Waals surface area contributed by atoms with Gasteiger partial charge in [0.25, 0.3) is 0 Å². The van der Waals surface area contributed by atoms with Crippen molar-refractivity contribution in [1.29, 1.82) is 0 Å². The summed E-state index contributed by atoms with van der Waals surface area (Å²) in [6.07, 6.45) is -1.89. The Balaban J connectivity index is 3.06. The number of carbonyl (C=O) groups is 5. The molecule has 5 unspecified atom stereocenters. The molecule has 0 radical (unpaired) electrons. The fraction of sp³-hybridized carbons (Fsp3) is 0.478. The van der Waals surface area contributed by atoms with E-state index in [1.54, 1.807) is 0 Å². The van der Waals surface area contributed by atoms with Gasteiger partial charge in [-0.05, 0) is 37.5 Å². The van der Waals surface area contributed by atoms with Crippen molar-refractivity contribution in [3.05, 3.63) is 29.8 Å². The molecule has 1 aromatic rings. The highest BCUT2D eigenvalue weighted by molar-refractivity contribution is 5.96. The van der Waals surface area contributed by atoms with Crippen LogP contribution in [0.3, 0.4) is 0 Å². The van der Waals surface area contributed by atoms with Crippen LogP contribution in [0.15, 0.2) is 29.3 Å². The van der Waals surface area contributed by atoms with E-state index in [1.165, 1.54) is 31.2 Å². The summed E-state index contributed by atoms with van der Waals surface area (Å²) in [6.45, 7) is 1.38. The van der Waals surface area contributed by atoms with Gasteiger partial charge in [-0.25, -0.2) is 4.79 Å². The number of aliphatic imine (C=N–C) groups is 1. The lowest BCUT2D eigenvalue weighted by atomic mass is 10.0. The maximum Gasteiger partial charge on any atom is 0.326 e. The monoisotopic (exact) mass is 552 g/mol. The first-order valence-corrected chi connectivity index (χ1v) is 11.9. The Kier molecular flexibility index (Phi) is 13.1. The number of phenolic OH excluding ortho intramolecular Hbond substituents is 1. The summed E-state index contributed by atoms with van der Waals surface area (Å²) < 4.78 is 0. The van der Waals surface area contributed by atoms with Gasteiger partial charge in [0.2, 0.25) is 23.6 Å². The number of hydrogen-bond acceptors (Lipinski definition) is 9. The molecule has 4 amide bonds. The Bertz CT molecular complexity index is 1040. The smallest absolute Gasteiger partial charge is 0.326 e. The van der Waals surface area contributed by atoms with E-state index >= 15 is 0 Å². The molecule has 1 rings (SSSR count). The third-order valence-corrected chi connectivity index (χ3v) is 5.43. The second kappa shape index (κ2) is 15.7. The molecule has 0 aliphatic rings. The highest BCUT2D eigenvalue weighted by Gasteiger charge is 2.31. The van der Waals surface area contributed by atoms with E-state index in [0.29, 0.717) is 5.56 Å². The third-order valence-electron chi connectivity index (χ3n) is 5.43. The molecular weight excluding hydrogens is 516 g/mol. The van der Waals surface area contributed by atoms with E-state index in [1.807, 2.05) is 0 Å². The number of carboxylic acids is 1. The Morgan fingerprint density at radius 3 is 1.95 bits per heavy atom. The number of rotatable bonds is 16. The van der Waals surface area contributed by atoms with Crippen LogP contribution in [0.2, 0.25) is 0 Å². The minimum atomic E-state index is -1.58. The number of aliphatic hydroxyl groups excluding tert-OH is 1. The molecule has 0 bridgehead atoms. The topological polar surface area (TPSA) is 299 Å². The number of aliphatic hydroxyl groups is 1. The lowest BCUT2D eigenvalue weighted by Crippen LogP contribution is -2.58. The van der Waals surface area contributed by atoms with E-state index < -0.39 is 66.3 Å². The maximum atomic E-state index is 13.1. The molecule has 0 saturated carbocycles. The van der Waals surface area contributed by atoms with Gasteiger partial charge in [0.15, 0.2) is 5.96 Å². The lowest BCUT2D eigenvalue weighted by Gasteiger charge is -2.25. The quantitative estimate of drug-likeness (QED) is 0.0537. The van der Waals surface area contributed by atoms with E-state index in [4.69, 9.17) is 22.9 Å². The van der Waals surface area contributed by atoms with Crippen LogP contribution in [-0.2, 0) is 30.4 Å². The van der Waals surface area contributed by atoms with Crippen molar-refractivity contribution >= 4 is 35.6 Å². The lowest BCUT2D eigenvalue weighted by molar-refractivity contribution is -0.142. The fourth-order valence-electron chi connectivity index (χ4n) is 3.28. The number of primary amides is 1. The van der Waals surface area contributed by atoms with Crippen LogP contribution in [-0.4, -0.2) is 87.7 Å². The SMILES string of the molecule is CC(O)C(N)C(=O)NC(CCCN=C(N)N)C(=O)NC(CC(N)=O)C(=O)NC(Cc1ccc(O)cc1)C(=O)O. The first kappa shape index (κ1) is 32.6. The van der Waals surface area contributed by atoms with Crippen molar-refractivity contribution in [2.24, 2.45) is 27.9 Å². The molecule has 0 heterocycles. The Morgan fingerprint density at radius 1 is 0.897 bits per heavy atom. The van der Waals surface area contributed by atoms with Crippen LogP contribution in [0.1, 0.15) is 31.7 Å². The van der Waals surface area contributed by atoms with Crippen LogP contribution >= 0.6 is 0 Å². The number of benzene rings is 1. The number of hydrogen-bond donors (Lipinski definition) is 10. The van der Waals surface area contributed by atoms with E-state index in [2.05, 4.69) is 20.9 Å². The zero-order chi connectivity index (χ0) is 29.7. The average Bonchev–Trinajstić information content (AvgIpc) is 2.84. The zero-order valence-corrected chi connectivity index (χ0v) is 21.4. The molecule has 16 nitrogen and oxygen atoms in total. The number of nitrogens with zero attached hydrogens (tertiary/aromatic N) is 1. The first-order chi connectivity index (χ1) is 18.2. The molecule has 0 spiro atoms. The minimum Gasteiger partial charge on any atom is -0.508 e. The molecule has 16 heteroatoms. The number of carboxylic acid groups (broad SMARTS) is 1. The number of guanidine groups is 1. The molecule has 5 atom stereocenters. The number of nitrogens with two attached hydrogens (primary N) is 4. The maximum absolute atomic E-state index is 13.1. The Labute approximate surface area is 224 Å². The summed E-state index contributed by atoms with van der Waals surface area (Å²) in [5, 5.41) is 35.5. The van der Waals surface area contributed by atoms with E-state index in [-0.39, 0.29) is 37.5 Å². The molecule has 39 heavy (non-hydrogen) atoms. The minimum absolute atomic E-state index is 0.0234. The van der Waals surface area contributed by atoms with Crippen molar-refractivity contribution in [2.75, 3.05) is 6.54 Å². The normalized spacial score (nSPS) is 14.5. The summed E-state index contributed by atoms with van der Waals surface area (Å²) in [7, 11) is 0. The van der Waals surface area contributed by atoms with Crippen molar-refractivity contribution < 1.29 is 39.3 Å². The summed E-state index contributed by atoms with van der Waals surface area (Å²) in [4.78, 5) is 65.5. The van der Waals surface area contributed by atoms with Crippen molar-refractivity contribution in [1.82, 2.24) is 16.0 Å². The molecule has 0 saturated heterocycles. The Hall–Kier alpha value is -4.44. The molecule has 14 N–H and O–H groups in total. The molecule has 0 aliphatic heterocycles. The van der Waals surface area contributed by atoms with Crippen LogP contribution in [0.4, 0.5) is 0 Å². The highest BCUT2D eigenvalue weighted by atomic mass is 16.4. The van der Waals surface area contributed by atoms with Crippen LogP contribution < -0.4 is 38.9 Å². The third kappa shape index (κ3) is 12.1. The van der Waals surface area contributed by atoms with Gasteiger partial charge in [-0.1, -0.05) is 12.1 Å². The number of aliphatic carboxylic acids is 1. The van der Waals surface area contributed by atoms with Gasteiger partial charge < -0.3 is 54.2 Å². The van der Waals surface area contributed by atoms with Gasteiger partial charge in [0.05, 0.1) is 12.5 Å². The van der Waals surface area contributed by atoms with Gasteiger partial charge in [-0.2, -0.15) is 0 Å². The van der Waals surface area contributed by atoms with Gasteiger partial charge in [-0.3, -0.25) is 24.2 Å². The van der Waals surface area contributed by atoms with Crippen LogP contribution in [0.5, 0.6) is 5.75 Å². The molecule has 1 aromatic carbocycles. The number of amides is 4. The molecule has 0 aromatic heterocycles. The largest absolute Gasteiger partial charge is 0.508 e. The van der Waals surface area contributed by atoms with Gasteiger partial charge >= 0.3 is 5.97 Å². The number of aromatic hydroxyl groups is 1. The first-order valence-electron chi connectivity index (χ1n) is 11.9. The summed E-state index contributed by atoms with van der Waals surface area (Å²) in [6, 6.07) is -0.0611. The Morgan fingerprint density at radius 2 is 1.44 bits per heavy atom. The second-order valence-corrected chi connectivity index (χ2v) is 8.78. The molecule has 216 valence electrons. The number of phenols is 1. The van der Waals surface area contributed by atoms with Crippen molar-refractivity contribution in [3.8, 4) is 5.75 Å². The predicted molar refractivity (Wildman–Crippen MR) is 139 cm³/mol. The highest BCUT2D eigenvalue weighted by Crippen LogP contribution is 2.12. The van der Waals surface area contributed by atoms with Crippen LogP contribution in [0.25, 0.3) is 0 Å². The molecule has 0 aliphatic carbocycles. The van der Waals surface area contributed by atoms with Crippen molar-refractivity contribution in [2.45, 2.75) is 62.9 Å². The van der Waals surface area contributed by atoms with E-state index in [9.17, 15) is 39.3 Å². The van der Waals surface area contributed by atoms with Crippen molar-refractivity contribution in [3.63, 3.8) is 0 Å².